The van der Waals surface area contributed by atoms with Gasteiger partial charge in [-0.25, -0.2) is 0 Å². The van der Waals surface area contributed by atoms with E-state index >= 15 is 0 Å². The molecule has 0 bridgehead atoms. The van der Waals surface area contributed by atoms with Gasteiger partial charge in [0.1, 0.15) is 0 Å². The van der Waals surface area contributed by atoms with E-state index in [-0.39, 0.29) is 0 Å². The highest BCUT2D eigenvalue weighted by Crippen LogP contribution is 2.13. The second kappa shape index (κ2) is 8.23. The number of piperidine rings is 1. The van der Waals surface area contributed by atoms with Crippen molar-refractivity contribution < 1.29 is 0 Å². The Balaban J connectivity index is 1.55. The molecule has 3 unspecified atom stereocenters. The summed E-state index contributed by atoms with van der Waals surface area (Å²) in [6.07, 6.45) is 8.25. The first-order chi connectivity index (χ1) is 9.24. The van der Waals surface area contributed by atoms with Gasteiger partial charge in [-0.1, -0.05) is 13.3 Å². The van der Waals surface area contributed by atoms with Crippen LogP contribution >= 0.6 is 0 Å². The smallest absolute Gasteiger partial charge is 0.00817 e. The number of rotatable bonds is 7. The van der Waals surface area contributed by atoms with Crippen LogP contribution in [0.3, 0.4) is 0 Å². The largest absolute Gasteiger partial charge is 0.314 e. The van der Waals surface area contributed by atoms with Gasteiger partial charge in [0.05, 0.1) is 0 Å². The lowest BCUT2D eigenvalue weighted by molar-refractivity contribution is 0.272. The maximum atomic E-state index is 3.74. The Morgan fingerprint density at radius 1 is 1.16 bits per heavy atom. The molecule has 2 rings (SSSR count). The summed E-state index contributed by atoms with van der Waals surface area (Å²) in [6, 6.07) is 1.40. The maximum Gasteiger partial charge on any atom is 0.00817 e. The Hall–Kier alpha value is -0.120. The number of nitrogens with one attached hydrogen (secondary N) is 2. The number of hydrogen-bond acceptors (Lipinski definition) is 3. The molecule has 19 heavy (non-hydrogen) atoms. The van der Waals surface area contributed by atoms with E-state index in [0.29, 0.717) is 6.04 Å². The topological polar surface area (TPSA) is 27.3 Å². The fourth-order valence-electron chi connectivity index (χ4n) is 3.51. The van der Waals surface area contributed by atoms with Crippen LogP contribution in [0.2, 0.25) is 0 Å². The van der Waals surface area contributed by atoms with Gasteiger partial charge in [0.2, 0.25) is 0 Å². The molecule has 3 atom stereocenters. The first-order valence-corrected chi connectivity index (χ1v) is 8.43. The number of hydrogen-bond donors (Lipinski definition) is 2. The van der Waals surface area contributed by atoms with E-state index in [2.05, 4.69) is 29.4 Å². The molecule has 2 fully saturated rings. The molecule has 0 aliphatic carbocycles. The van der Waals surface area contributed by atoms with Crippen LogP contribution in [0.25, 0.3) is 0 Å². The van der Waals surface area contributed by atoms with Crippen molar-refractivity contribution in [1.29, 1.82) is 0 Å². The molecule has 2 saturated heterocycles. The fraction of sp³-hybridized carbons (Fsp3) is 1.00. The van der Waals surface area contributed by atoms with E-state index in [1.807, 2.05) is 0 Å². The van der Waals surface area contributed by atoms with Crippen LogP contribution in [0.4, 0.5) is 0 Å². The standard InChI is InChI=1S/C16H33N3/c1-14(13-19-9-5-6-10-19)12-18-15(2)11-16-7-3-4-8-17-16/h14-18H,3-13H2,1-2H3. The minimum atomic E-state index is 0.650. The SMILES string of the molecule is CC(CNC(C)CC1CCCCN1)CN1CCCC1. The molecule has 3 heteroatoms. The Morgan fingerprint density at radius 3 is 2.63 bits per heavy atom. The molecular weight excluding hydrogens is 234 g/mol. The highest BCUT2D eigenvalue weighted by molar-refractivity contribution is 4.78. The monoisotopic (exact) mass is 267 g/mol. The lowest BCUT2D eigenvalue weighted by Gasteiger charge is -2.28. The van der Waals surface area contributed by atoms with Crippen LogP contribution in [0.1, 0.15) is 52.4 Å². The third kappa shape index (κ3) is 5.80. The van der Waals surface area contributed by atoms with Crippen molar-refractivity contribution in [2.75, 3.05) is 32.7 Å². The van der Waals surface area contributed by atoms with Crippen LogP contribution < -0.4 is 10.6 Å². The molecule has 2 aliphatic rings. The Kier molecular flexibility index (Phi) is 6.62. The second-order valence-corrected chi connectivity index (χ2v) is 6.80. The predicted octanol–water partition coefficient (Wildman–Crippen LogP) is 2.23. The third-order valence-electron chi connectivity index (χ3n) is 4.63. The summed E-state index contributed by atoms with van der Waals surface area (Å²) in [4.78, 5) is 2.62. The Bertz CT molecular complexity index is 232. The zero-order chi connectivity index (χ0) is 13.5. The lowest BCUT2D eigenvalue weighted by Crippen LogP contribution is -2.41. The molecule has 0 amide bonds. The van der Waals surface area contributed by atoms with Crippen LogP contribution in [-0.2, 0) is 0 Å². The zero-order valence-electron chi connectivity index (χ0n) is 13.0. The highest BCUT2D eigenvalue weighted by atomic mass is 15.1. The summed E-state index contributed by atoms with van der Waals surface area (Å²) in [5.41, 5.74) is 0. The van der Waals surface area contributed by atoms with Gasteiger partial charge in [0.15, 0.2) is 0 Å². The van der Waals surface area contributed by atoms with Gasteiger partial charge in [-0.05, 0) is 71.1 Å². The minimum Gasteiger partial charge on any atom is -0.314 e. The van der Waals surface area contributed by atoms with Gasteiger partial charge < -0.3 is 15.5 Å². The van der Waals surface area contributed by atoms with Gasteiger partial charge in [-0.2, -0.15) is 0 Å². The molecule has 112 valence electrons. The normalized spacial score (nSPS) is 28.4. The average Bonchev–Trinajstić information content (AvgIpc) is 2.90. The predicted molar refractivity (Wildman–Crippen MR) is 82.6 cm³/mol. The molecule has 0 spiro atoms. The summed E-state index contributed by atoms with van der Waals surface area (Å²) in [5, 5.41) is 7.39. The second-order valence-electron chi connectivity index (χ2n) is 6.80. The first kappa shape index (κ1) is 15.3. The van der Waals surface area contributed by atoms with E-state index in [0.717, 1.165) is 12.0 Å². The van der Waals surface area contributed by atoms with Crippen molar-refractivity contribution in [3.8, 4) is 0 Å². The van der Waals surface area contributed by atoms with E-state index in [9.17, 15) is 0 Å². The highest BCUT2D eigenvalue weighted by Gasteiger charge is 2.17. The van der Waals surface area contributed by atoms with Crippen LogP contribution in [-0.4, -0.2) is 49.7 Å². The fourth-order valence-corrected chi connectivity index (χ4v) is 3.51. The van der Waals surface area contributed by atoms with Gasteiger partial charge in [-0.3, -0.25) is 0 Å². The Morgan fingerprint density at radius 2 is 1.95 bits per heavy atom. The average molecular weight is 267 g/mol. The van der Waals surface area contributed by atoms with Crippen molar-refractivity contribution in [2.24, 2.45) is 5.92 Å². The maximum absolute atomic E-state index is 3.74. The Labute approximate surface area is 119 Å². The summed E-state index contributed by atoms with van der Waals surface area (Å²) >= 11 is 0. The van der Waals surface area contributed by atoms with Crippen molar-refractivity contribution in [1.82, 2.24) is 15.5 Å². The van der Waals surface area contributed by atoms with Crippen molar-refractivity contribution in [2.45, 2.75) is 64.5 Å². The first-order valence-electron chi connectivity index (χ1n) is 8.43. The van der Waals surface area contributed by atoms with Crippen molar-refractivity contribution >= 4 is 0 Å². The molecule has 0 aromatic carbocycles. The molecule has 3 nitrogen and oxygen atoms in total. The molecule has 0 aromatic heterocycles. The van der Waals surface area contributed by atoms with Crippen molar-refractivity contribution in [3.63, 3.8) is 0 Å². The third-order valence-corrected chi connectivity index (χ3v) is 4.63. The van der Waals surface area contributed by atoms with E-state index < -0.39 is 0 Å². The lowest BCUT2D eigenvalue weighted by atomic mass is 9.98. The van der Waals surface area contributed by atoms with E-state index in [1.165, 1.54) is 71.2 Å². The molecule has 0 saturated carbocycles. The molecular formula is C16H33N3. The van der Waals surface area contributed by atoms with Gasteiger partial charge in [0.25, 0.3) is 0 Å². The number of likely N-dealkylation sites (tertiary alicyclic amines) is 1. The van der Waals surface area contributed by atoms with Gasteiger partial charge >= 0.3 is 0 Å². The van der Waals surface area contributed by atoms with Crippen LogP contribution in [0, 0.1) is 5.92 Å². The summed E-state index contributed by atoms with van der Waals surface area (Å²) in [7, 11) is 0. The quantitative estimate of drug-likeness (QED) is 0.741. The van der Waals surface area contributed by atoms with Crippen LogP contribution in [0.15, 0.2) is 0 Å². The summed E-state index contributed by atoms with van der Waals surface area (Å²) < 4.78 is 0. The zero-order valence-corrected chi connectivity index (χ0v) is 13.0. The van der Waals surface area contributed by atoms with Gasteiger partial charge in [0, 0.05) is 18.6 Å². The van der Waals surface area contributed by atoms with E-state index in [1.54, 1.807) is 0 Å². The van der Waals surface area contributed by atoms with Crippen LogP contribution in [0.5, 0.6) is 0 Å². The molecule has 2 heterocycles. The molecule has 2 N–H and O–H groups in total. The van der Waals surface area contributed by atoms with E-state index in [4.69, 9.17) is 0 Å². The molecule has 0 radical (unpaired) electrons. The summed E-state index contributed by atoms with van der Waals surface area (Å²) in [5.74, 6) is 0.778. The number of nitrogens with zero attached hydrogens (tertiary/aromatic N) is 1. The summed E-state index contributed by atoms with van der Waals surface area (Å²) in [6.45, 7) is 11.1. The molecule has 0 aromatic rings. The molecule has 2 aliphatic heterocycles. The van der Waals surface area contributed by atoms with Crippen molar-refractivity contribution in [3.05, 3.63) is 0 Å². The minimum absolute atomic E-state index is 0.650. The van der Waals surface area contributed by atoms with Gasteiger partial charge in [-0.15, -0.1) is 0 Å².